The predicted octanol–water partition coefficient (Wildman–Crippen LogP) is 5.23. The number of benzene rings is 3. The van der Waals surface area contributed by atoms with Crippen LogP contribution in [0.3, 0.4) is 0 Å². The van der Waals surface area contributed by atoms with E-state index in [0.717, 1.165) is 52.4 Å². The molecule has 228 valence electrons. The summed E-state index contributed by atoms with van der Waals surface area (Å²) >= 11 is 0. The molecule has 3 heterocycles. The van der Waals surface area contributed by atoms with E-state index in [9.17, 15) is 13.6 Å². The predicted molar refractivity (Wildman–Crippen MR) is 166 cm³/mol. The van der Waals surface area contributed by atoms with Crippen molar-refractivity contribution in [2.24, 2.45) is 0 Å². The van der Waals surface area contributed by atoms with E-state index >= 15 is 0 Å². The molecule has 0 bridgehead atoms. The second-order valence-corrected chi connectivity index (χ2v) is 10.9. The van der Waals surface area contributed by atoms with Gasteiger partial charge in [0, 0.05) is 49.9 Å². The molecule has 1 amide bonds. The number of aromatic nitrogens is 2. The Labute approximate surface area is 254 Å². The zero-order chi connectivity index (χ0) is 30.5. The highest BCUT2D eigenvalue weighted by Gasteiger charge is 2.28. The molecule has 2 fully saturated rings. The van der Waals surface area contributed by atoms with Crippen molar-refractivity contribution in [2.45, 2.75) is 12.5 Å². The van der Waals surface area contributed by atoms with E-state index in [1.165, 1.54) is 30.6 Å². The van der Waals surface area contributed by atoms with Crippen LogP contribution >= 0.6 is 0 Å². The maximum atomic E-state index is 14.4. The van der Waals surface area contributed by atoms with E-state index in [0.29, 0.717) is 52.1 Å². The second-order valence-electron chi connectivity index (χ2n) is 10.9. The molecule has 2 aliphatic heterocycles. The number of piperazine rings is 1. The molecule has 0 spiro atoms. The number of fused-ring (bicyclic) bond motifs is 1. The molecule has 1 aromatic heterocycles. The van der Waals surface area contributed by atoms with Crippen LogP contribution in [0.15, 0.2) is 73.6 Å². The number of nitrogens with zero attached hydrogens (tertiary/aromatic N) is 4. The molecule has 44 heavy (non-hydrogen) atoms. The van der Waals surface area contributed by atoms with Gasteiger partial charge in [0.2, 0.25) is 5.91 Å². The molecule has 0 atom stereocenters. The summed E-state index contributed by atoms with van der Waals surface area (Å²) in [5, 5.41) is 6.68. The van der Waals surface area contributed by atoms with E-state index in [4.69, 9.17) is 9.47 Å². The molecular formula is C33H34F2N6O3. The minimum atomic E-state index is -0.646. The van der Waals surface area contributed by atoms with Crippen molar-refractivity contribution in [1.29, 1.82) is 0 Å². The van der Waals surface area contributed by atoms with E-state index in [1.807, 2.05) is 0 Å². The Bertz CT molecular complexity index is 1640. The first-order chi connectivity index (χ1) is 21.5. The van der Waals surface area contributed by atoms with Crippen LogP contribution in [0.1, 0.15) is 6.42 Å². The molecule has 3 aromatic carbocycles. The van der Waals surface area contributed by atoms with Gasteiger partial charge in [-0.2, -0.15) is 0 Å². The lowest BCUT2D eigenvalue weighted by Crippen LogP contribution is -2.56. The normalized spacial score (nSPS) is 16.0. The van der Waals surface area contributed by atoms with E-state index in [1.54, 1.807) is 36.4 Å². The Hall–Kier alpha value is -4.45. The fourth-order valence-corrected chi connectivity index (χ4v) is 5.50. The summed E-state index contributed by atoms with van der Waals surface area (Å²) in [6, 6.07) is 14.6. The molecule has 0 aliphatic carbocycles. The molecule has 2 aliphatic rings. The maximum Gasteiger partial charge on any atom is 0.247 e. The zero-order valence-corrected chi connectivity index (χ0v) is 24.3. The molecule has 6 rings (SSSR count). The molecule has 0 saturated carbocycles. The maximum absolute atomic E-state index is 14.4. The fraction of sp³-hybridized carbons (Fsp3) is 0.303. The minimum absolute atomic E-state index is 0.106. The third kappa shape index (κ3) is 6.70. The van der Waals surface area contributed by atoms with Gasteiger partial charge in [0.05, 0.1) is 42.6 Å². The van der Waals surface area contributed by atoms with E-state index in [2.05, 4.69) is 37.0 Å². The third-order valence-corrected chi connectivity index (χ3v) is 7.98. The summed E-state index contributed by atoms with van der Waals surface area (Å²) in [5.41, 5.74) is 1.91. The lowest BCUT2D eigenvalue weighted by Gasteiger charge is -2.42. The molecule has 2 N–H and O–H groups in total. The second kappa shape index (κ2) is 13.5. The van der Waals surface area contributed by atoms with Gasteiger partial charge in [-0.1, -0.05) is 24.8 Å². The number of nitrogens with one attached hydrogen (secondary N) is 2. The summed E-state index contributed by atoms with van der Waals surface area (Å²) in [6.07, 6.45) is 3.44. The summed E-state index contributed by atoms with van der Waals surface area (Å²) < 4.78 is 40.4. The lowest BCUT2D eigenvalue weighted by atomic mass is 10.0. The SMILES string of the molecule is C=CC(=O)Nc1cc2c(Nc3cccc(-c4c(F)cccc4F)c3)ncnc2cc1OCCCN1CCN(C2COC2)CC1. The Morgan fingerprint density at radius 3 is 2.55 bits per heavy atom. The van der Waals surface area contributed by atoms with Crippen LogP contribution in [0.4, 0.5) is 26.0 Å². The third-order valence-electron chi connectivity index (χ3n) is 7.98. The van der Waals surface area contributed by atoms with Gasteiger partial charge in [-0.3, -0.25) is 9.69 Å². The monoisotopic (exact) mass is 600 g/mol. The first-order valence-electron chi connectivity index (χ1n) is 14.7. The smallest absolute Gasteiger partial charge is 0.247 e. The average Bonchev–Trinajstić information content (AvgIpc) is 3.00. The van der Waals surface area contributed by atoms with E-state index in [-0.39, 0.29) is 11.5 Å². The average molecular weight is 601 g/mol. The van der Waals surface area contributed by atoms with Crippen molar-refractivity contribution in [3.05, 3.63) is 85.2 Å². The molecule has 0 radical (unpaired) electrons. The van der Waals surface area contributed by atoms with E-state index < -0.39 is 11.6 Å². The highest BCUT2D eigenvalue weighted by atomic mass is 19.1. The molecule has 0 unspecified atom stereocenters. The van der Waals surface area contributed by atoms with Gasteiger partial charge in [0.15, 0.2) is 0 Å². The van der Waals surface area contributed by atoms with Gasteiger partial charge >= 0.3 is 0 Å². The standard InChI is InChI=1S/C33H34F2N6O3/c1-2-31(42)39-29-17-25-28(18-30(29)44-15-5-10-40-11-13-41(14-12-40)24-19-43-20-24)36-21-37-33(25)38-23-7-3-6-22(16-23)32-26(34)8-4-9-27(32)35/h2-4,6-9,16-18,21,24H,1,5,10-15,19-20H2,(H,39,42)(H,36,37,38). The topological polar surface area (TPSA) is 91.8 Å². The molecule has 9 nitrogen and oxygen atoms in total. The summed E-state index contributed by atoms with van der Waals surface area (Å²) in [4.78, 5) is 26.1. The van der Waals surface area contributed by atoms with Gasteiger partial charge in [-0.05, 0) is 48.4 Å². The molecule has 11 heteroatoms. The molecule has 4 aromatic rings. The van der Waals surface area contributed by atoms with Crippen molar-refractivity contribution in [1.82, 2.24) is 19.8 Å². The number of carbonyl (C=O) groups is 1. The number of rotatable bonds is 11. The lowest BCUT2D eigenvalue weighted by molar-refractivity contribution is -0.111. The van der Waals surface area contributed by atoms with Crippen LogP contribution < -0.4 is 15.4 Å². The number of halogens is 2. The first kappa shape index (κ1) is 29.6. The quantitative estimate of drug-likeness (QED) is 0.179. The summed E-state index contributed by atoms with van der Waals surface area (Å²) in [6.45, 7) is 10.8. The van der Waals surface area contributed by atoms with Crippen molar-refractivity contribution in [2.75, 3.05) is 63.2 Å². The fourth-order valence-electron chi connectivity index (χ4n) is 5.50. The van der Waals surface area contributed by atoms with Crippen LogP contribution in [-0.2, 0) is 9.53 Å². The van der Waals surface area contributed by atoms with Crippen molar-refractivity contribution in [3.63, 3.8) is 0 Å². The minimum Gasteiger partial charge on any atom is -0.491 e. The summed E-state index contributed by atoms with van der Waals surface area (Å²) in [7, 11) is 0. The Morgan fingerprint density at radius 1 is 1.05 bits per heavy atom. The van der Waals surface area contributed by atoms with Crippen molar-refractivity contribution < 1.29 is 23.0 Å². The number of anilines is 3. The van der Waals surface area contributed by atoms with Gasteiger partial charge in [0.25, 0.3) is 0 Å². The molecule has 2 saturated heterocycles. The summed E-state index contributed by atoms with van der Waals surface area (Å²) in [5.74, 6) is -0.729. The Morgan fingerprint density at radius 2 is 1.82 bits per heavy atom. The van der Waals surface area contributed by atoms with Crippen LogP contribution in [0, 0.1) is 11.6 Å². The largest absolute Gasteiger partial charge is 0.491 e. The number of hydrogen-bond acceptors (Lipinski definition) is 8. The number of amides is 1. The number of hydrogen-bond donors (Lipinski definition) is 2. The van der Waals surface area contributed by atoms with Crippen LogP contribution in [0.5, 0.6) is 5.75 Å². The highest BCUT2D eigenvalue weighted by Crippen LogP contribution is 2.34. The molecular weight excluding hydrogens is 566 g/mol. The van der Waals surface area contributed by atoms with Crippen LogP contribution in [0.2, 0.25) is 0 Å². The number of carbonyl (C=O) groups excluding carboxylic acids is 1. The van der Waals surface area contributed by atoms with Gasteiger partial charge in [0.1, 0.15) is 29.5 Å². The Balaban J connectivity index is 1.17. The van der Waals surface area contributed by atoms with Gasteiger partial charge in [-0.25, -0.2) is 18.7 Å². The van der Waals surface area contributed by atoms with Gasteiger partial charge in [-0.15, -0.1) is 0 Å². The number of ether oxygens (including phenoxy) is 2. The zero-order valence-electron chi connectivity index (χ0n) is 24.3. The van der Waals surface area contributed by atoms with Gasteiger partial charge < -0.3 is 25.0 Å². The first-order valence-corrected chi connectivity index (χ1v) is 14.7. The highest BCUT2D eigenvalue weighted by molar-refractivity contribution is 6.03. The van der Waals surface area contributed by atoms with Crippen LogP contribution in [-0.4, -0.2) is 84.3 Å². The van der Waals surface area contributed by atoms with Crippen molar-refractivity contribution in [3.8, 4) is 16.9 Å². The van der Waals surface area contributed by atoms with Crippen LogP contribution in [0.25, 0.3) is 22.0 Å². The Kier molecular flexibility index (Phi) is 9.06. The van der Waals surface area contributed by atoms with Crippen molar-refractivity contribution >= 4 is 34.0 Å².